The van der Waals surface area contributed by atoms with Gasteiger partial charge in [-0.1, -0.05) is 23.5 Å². The van der Waals surface area contributed by atoms with Crippen molar-refractivity contribution in [1.29, 1.82) is 0 Å². The van der Waals surface area contributed by atoms with Crippen LogP contribution in [0.25, 0.3) is 6.08 Å². The molecule has 0 bridgehead atoms. The minimum absolute atomic E-state index is 0.0172. The van der Waals surface area contributed by atoms with Gasteiger partial charge in [-0.15, -0.1) is 0 Å². The molecule has 0 fully saturated rings. The van der Waals surface area contributed by atoms with Crippen molar-refractivity contribution < 1.29 is 28.8 Å². The predicted molar refractivity (Wildman–Crippen MR) is 139 cm³/mol. The number of carbonyl (C=O) groups excluding carboxylic acids is 1. The Morgan fingerprint density at radius 3 is 2.51 bits per heavy atom. The van der Waals surface area contributed by atoms with Gasteiger partial charge in [-0.2, -0.15) is 0 Å². The number of phenols is 1. The number of hydrogen-bond donors (Lipinski definition) is 1. The SMILES string of the molecule is CCOC(=O)C1=C(C)N=c2sc(=Cc3ccc(O)c(OCC)c3)c(=O)n2[C@@H]1c1ccc(OC)c(OC)c1. The first-order valence-electron chi connectivity index (χ1n) is 11.7. The molecule has 1 atom stereocenters. The fourth-order valence-electron chi connectivity index (χ4n) is 4.17. The molecule has 4 rings (SSSR count). The van der Waals surface area contributed by atoms with Crippen molar-refractivity contribution in [3.8, 4) is 23.0 Å². The second-order valence-corrected chi connectivity index (χ2v) is 9.09. The van der Waals surface area contributed by atoms with Gasteiger partial charge >= 0.3 is 5.97 Å². The maximum Gasteiger partial charge on any atom is 0.338 e. The lowest BCUT2D eigenvalue weighted by molar-refractivity contribution is -0.139. The van der Waals surface area contributed by atoms with E-state index in [9.17, 15) is 14.7 Å². The highest BCUT2D eigenvalue weighted by molar-refractivity contribution is 7.07. The molecule has 1 aliphatic heterocycles. The number of benzene rings is 2. The molecule has 2 aromatic carbocycles. The summed E-state index contributed by atoms with van der Waals surface area (Å²) in [7, 11) is 3.06. The number of methoxy groups -OCH3 is 2. The first-order chi connectivity index (χ1) is 17.8. The van der Waals surface area contributed by atoms with Gasteiger partial charge in [0.25, 0.3) is 5.56 Å². The third-order valence-corrected chi connectivity index (χ3v) is 6.80. The molecule has 37 heavy (non-hydrogen) atoms. The molecule has 0 spiro atoms. The van der Waals surface area contributed by atoms with Gasteiger partial charge in [0.2, 0.25) is 0 Å². The number of aromatic nitrogens is 1. The van der Waals surface area contributed by atoms with Crippen LogP contribution in [0.2, 0.25) is 0 Å². The number of phenolic OH excluding ortho intramolecular Hbond substituents is 1. The Kier molecular flexibility index (Phi) is 7.68. The summed E-state index contributed by atoms with van der Waals surface area (Å²) >= 11 is 1.21. The van der Waals surface area contributed by atoms with Crippen LogP contribution >= 0.6 is 11.3 Å². The highest BCUT2D eigenvalue weighted by Crippen LogP contribution is 2.36. The highest BCUT2D eigenvalue weighted by atomic mass is 32.1. The van der Waals surface area contributed by atoms with Crippen LogP contribution in [0, 0.1) is 0 Å². The highest BCUT2D eigenvalue weighted by Gasteiger charge is 2.33. The van der Waals surface area contributed by atoms with Crippen LogP contribution < -0.4 is 29.1 Å². The number of hydrogen-bond acceptors (Lipinski definition) is 9. The number of aromatic hydroxyl groups is 1. The molecule has 3 aromatic rings. The first-order valence-corrected chi connectivity index (χ1v) is 12.5. The van der Waals surface area contributed by atoms with E-state index in [1.54, 1.807) is 50.3 Å². The second kappa shape index (κ2) is 10.9. The molecule has 10 heteroatoms. The summed E-state index contributed by atoms with van der Waals surface area (Å²) in [5, 5.41) is 10.0. The van der Waals surface area contributed by atoms with Gasteiger partial charge in [-0.25, -0.2) is 9.79 Å². The maximum absolute atomic E-state index is 13.8. The maximum atomic E-state index is 13.8. The molecule has 2 heterocycles. The number of rotatable bonds is 8. The third kappa shape index (κ3) is 4.97. The smallest absolute Gasteiger partial charge is 0.338 e. The Labute approximate surface area is 217 Å². The summed E-state index contributed by atoms with van der Waals surface area (Å²) in [6.07, 6.45) is 1.71. The Morgan fingerprint density at radius 1 is 1.08 bits per heavy atom. The summed E-state index contributed by atoms with van der Waals surface area (Å²) in [5.41, 5.74) is 1.75. The molecule has 194 valence electrons. The van der Waals surface area contributed by atoms with Gasteiger partial charge in [0.05, 0.1) is 49.3 Å². The number of thiazole rings is 1. The fourth-order valence-corrected chi connectivity index (χ4v) is 5.22. The Balaban J connectivity index is 1.94. The van der Waals surface area contributed by atoms with E-state index < -0.39 is 12.0 Å². The average Bonchev–Trinajstić information content (AvgIpc) is 3.19. The minimum atomic E-state index is -0.781. The van der Waals surface area contributed by atoms with E-state index in [0.717, 1.165) is 0 Å². The number of carbonyl (C=O) groups is 1. The Hall–Kier alpha value is -4.05. The van der Waals surface area contributed by atoms with Gasteiger partial charge < -0.3 is 24.1 Å². The number of fused-ring (bicyclic) bond motifs is 1. The number of nitrogens with zero attached hydrogens (tertiary/aromatic N) is 2. The molecular formula is C27H28N2O7S. The predicted octanol–water partition coefficient (Wildman–Crippen LogP) is 2.92. The van der Waals surface area contributed by atoms with Crippen LogP contribution in [-0.4, -0.2) is 43.1 Å². The molecule has 0 saturated heterocycles. The Bertz CT molecular complexity index is 1550. The van der Waals surface area contributed by atoms with Crippen molar-refractivity contribution in [1.82, 2.24) is 4.57 Å². The average molecular weight is 525 g/mol. The van der Waals surface area contributed by atoms with E-state index in [0.29, 0.717) is 50.0 Å². The molecule has 0 saturated carbocycles. The van der Waals surface area contributed by atoms with E-state index in [2.05, 4.69) is 4.99 Å². The van der Waals surface area contributed by atoms with Gasteiger partial charge in [0.1, 0.15) is 0 Å². The molecule has 1 N–H and O–H groups in total. The van der Waals surface area contributed by atoms with E-state index in [-0.39, 0.29) is 23.5 Å². The minimum Gasteiger partial charge on any atom is -0.504 e. The molecule has 0 aliphatic carbocycles. The monoisotopic (exact) mass is 524 g/mol. The largest absolute Gasteiger partial charge is 0.504 e. The molecule has 0 radical (unpaired) electrons. The van der Waals surface area contributed by atoms with Crippen LogP contribution in [0.15, 0.2) is 57.5 Å². The van der Waals surface area contributed by atoms with Gasteiger partial charge in [0.15, 0.2) is 27.8 Å². The van der Waals surface area contributed by atoms with Gasteiger partial charge in [-0.05, 0) is 62.2 Å². The normalized spacial score (nSPS) is 15.2. The molecule has 1 aliphatic rings. The van der Waals surface area contributed by atoms with E-state index in [1.807, 2.05) is 6.92 Å². The van der Waals surface area contributed by atoms with E-state index in [1.165, 1.54) is 36.2 Å². The molecular weight excluding hydrogens is 496 g/mol. The van der Waals surface area contributed by atoms with Gasteiger partial charge in [-0.3, -0.25) is 9.36 Å². The van der Waals surface area contributed by atoms with E-state index >= 15 is 0 Å². The van der Waals surface area contributed by atoms with Crippen molar-refractivity contribution >= 4 is 23.4 Å². The standard InChI is InChI=1S/C27H28N2O7S/c1-6-35-20-12-16(8-10-18(20)30)13-22-25(31)29-24(17-9-11-19(33-4)21(14-17)34-5)23(26(32)36-7-2)15(3)28-27(29)37-22/h8-14,24,30H,6-7H2,1-5H3/t24-/m1/s1. The van der Waals surface area contributed by atoms with Crippen molar-refractivity contribution in [2.75, 3.05) is 27.4 Å². The molecule has 0 unspecified atom stereocenters. The lowest BCUT2D eigenvalue weighted by Crippen LogP contribution is -2.39. The zero-order valence-electron chi connectivity index (χ0n) is 21.2. The lowest BCUT2D eigenvalue weighted by atomic mass is 9.95. The van der Waals surface area contributed by atoms with Crippen molar-refractivity contribution in [3.63, 3.8) is 0 Å². The van der Waals surface area contributed by atoms with Crippen molar-refractivity contribution in [2.24, 2.45) is 4.99 Å². The first kappa shape index (κ1) is 26.0. The van der Waals surface area contributed by atoms with Gasteiger partial charge in [0, 0.05) is 0 Å². The summed E-state index contributed by atoms with van der Waals surface area (Å²) in [5.74, 6) is 0.788. The summed E-state index contributed by atoms with van der Waals surface area (Å²) in [6, 6.07) is 9.35. The van der Waals surface area contributed by atoms with E-state index in [4.69, 9.17) is 18.9 Å². The zero-order valence-corrected chi connectivity index (χ0v) is 22.0. The van der Waals surface area contributed by atoms with Crippen LogP contribution in [0.4, 0.5) is 0 Å². The van der Waals surface area contributed by atoms with Crippen molar-refractivity contribution in [2.45, 2.75) is 26.8 Å². The quantitative estimate of drug-likeness (QED) is 0.452. The summed E-state index contributed by atoms with van der Waals surface area (Å²) < 4.78 is 23.6. The van der Waals surface area contributed by atoms with Crippen LogP contribution in [0.1, 0.15) is 37.9 Å². The molecule has 0 amide bonds. The van der Waals surface area contributed by atoms with Crippen molar-refractivity contribution in [3.05, 3.63) is 78.5 Å². The summed E-state index contributed by atoms with van der Waals surface area (Å²) in [4.78, 5) is 31.9. The number of esters is 1. The topological polar surface area (TPSA) is 109 Å². The van der Waals surface area contributed by atoms with Crippen LogP contribution in [-0.2, 0) is 9.53 Å². The molecule has 1 aromatic heterocycles. The summed E-state index contributed by atoms with van der Waals surface area (Å²) in [6.45, 7) is 5.85. The second-order valence-electron chi connectivity index (χ2n) is 8.08. The Morgan fingerprint density at radius 2 is 1.84 bits per heavy atom. The van der Waals surface area contributed by atoms with Crippen LogP contribution in [0.3, 0.4) is 0 Å². The fraction of sp³-hybridized carbons (Fsp3) is 0.296. The van der Waals surface area contributed by atoms with Crippen LogP contribution in [0.5, 0.6) is 23.0 Å². The molecule has 9 nitrogen and oxygen atoms in total. The number of allylic oxidation sites excluding steroid dienone is 1. The third-order valence-electron chi connectivity index (χ3n) is 5.82. The number of ether oxygens (including phenoxy) is 4. The lowest BCUT2D eigenvalue weighted by Gasteiger charge is -2.25. The zero-order chi connectivity index (χ0) is 26.7.